The highest BCUT2D eigenvalue weighted by Gasteiger charge is 2.15. The molecule has 0 aliphatic carbocycles. The highest BCUT2D eigenvalue weighted by molar-refractivity contribution is 7.10. The van der Waals surface area contributed by atoms with Crippen LogP contribution in [0.25, 0.3) is 0 Å². The van der Waals surface area contributed by atoms with Crippen molar-refractivity contribution in [2.75, 3.05) is 0 Å². The molecular weight excluding hydrogens is 264 g/mol. The summed E-state index contributed by atoms with van der Waals surface area (Å²) >= 11 is 7.55. The first kappa shape index (κ1) is 13.6. The Hall–Kier alpha value is -0.830. The van der Waals surface area contributed by atoms with Crippen LogP contribution in [0.4, 0.5) is 0 Å². The minimum atomic E-state index is -0.621. The van der Waals surface area contributed by atoms with Crippen molar-refractivity contribution in [2.45, 2.75) is 26.4 Å². The highest BCUT2D eigenvalue weighted by Crippen LogP contribution is 2.33. The Morgan fingerprint density at radius 2 is 2.06 bits per heavy atom. The van der Waals surface area contributed by atoms with Crippen LogP contribution in [-0.4, -0.2) is 5.11 Å². The monoisotopic (exact) mass is 280 g/mol. The summed E-state index contributed by atoms with van der Waals surface area (Å²) in [5.41, 5.74) is 2.17. The van der Waals surface area contributed by atoms with Gasteiger partial charge in [0.05, 0.1) is 9.90 Å². The lowest BCUT2D eigenvalue weighted by Crippen LogP contribution is -2.00. The fourth-order valence-electron chi connectivity index (χ4n) is 2.01. The van der Waals surface area contributed by atoms with Gasteiger partial charge in [-0.15, -0.1) is 11.3 Å². The molecule has 96 valence electrons. The second-order valence-electron chi connectivity index (χ2n) is 4.88. The first-order chi connectivity index (χ1) is 8.58. The summed E-state index contributed by atoms with van der Waals surface area (Å²) in [6.07, 6.45) is 0.406. The standard InChI is InChI=1S/C15H17ClOS/c1-10(2)8-11-4-3-5-12(9-11)14(17)15-13(16)6-7-18-15/h3-7,9-10,14,17H,8H2,1-2H3. The van der Waals surface area contributed by atoms with E-state index in [0.29, 0.717) is 10.9 Å². The molecule has 0 radical (unpaired) electrons. The summed E-state index contributed by atoms with van der Waals surface area (Å²) in [5, 5.41) is 12.9. The van der Waals surface area contributed by atoms with Gasteiger partial charge >= 0.3 is 0 Å². The van der Waals surface area contributed by atoms with Crippen LogP contribution in [0.2, 0.25) is 5.02 Å². The maximum atomic E-state index is 10.3. The van der Waals surface area contributed by atoms with E-state index in [-0.39, 0.29) is 0 Å². The Kier molecular flexibility index (Phi) is 4.44. The van der Waals surface area contributed by atoms with Crippen molar-refractivity contribution < 1.29 is 5.11 Å². The van der Waals surface area contributed by atoms with Gasteiger partial charge in [0, 0.05) is 0 Å². The van der Waals surface area contributed by atoms with Gasteiger partial charge in [0.15, 0.2) is 0 Å². The number of benzene rings is 1. The topological polar surface area (TPSA) is 20.2 Å². The van der Waals surface area contributed by atoms with Gasteiger partial charge < -0.3 is 5.11 Å². The molecule has 0 aliphatic rings. The number of aliphatic hydroxyl groups is 1. The average molecular weight is 281 g/mol. The van der Waals surface area contributed by atoms with Crippen LogP contribution in [0, 0.1) is 5.92 Å². The molecule has 0 saturated carbocycles. The van der Waals surface area contributed by atoms with Crippen LogP contribution >= 0.6 is 22.9 Å². The lowest BCUT2D eigenvalue weighted by molar-refractivity contribution is 0.224. The van der Waals surface area contributed by atoms with Gasteiger partial charge in [0.2, 0.25) is 0 Å². The molecule has 1 heterocycles. The molecule has 0 bridgehead atoms. The van der Waals surface area contributed by atoms with Gasteiger partial charge in [0.1, 0.15) is 6.10 Å². The second-order valence-corrected chi connectivity index (χ2v) is 6.23. The third kappa shape index (κ3) is 3.14. The normalized spacial score (nSPS) is 12.9. The van der Waals surface area contributed by atoms with Crippen LogP contribution in [-0.2, 0) is 6.42 Å². The molecule has 0 amide bonds. The van der Waals surface area contributed by atoms with E-state index in [2.05, 4.69) is 26.0 Å². The molecule has 0 fully saturated rings. The molecule has 0 aliphatic heterocycles. The predicted molar refractivity (Wildman–Crippen MR) is 78.4 cm³/mol. The number of halogens is 1. The molecule has 1 atom stereocenters. The molecule has 1 nitrogen and oxygen atoms in total. The van der Waals surface area contributed by atoms with E-state index in [1.807, 2.05) is 23.6 Å². The fourth-order valence-corrected chi connectivity index (χ4v) is 3.18. The molecular formula is C15H17ClOS. The number of rotatable bonds is 4. The number of hydrogen-bond acceptors (Lipinski definition) is 2. The van der Waals surface area contributed by atoms with E-state index >= 15 is 0 Å². The van der Waals surface area contributed by atoms with E-state index in [1.54, 1.807) is 0 Å². The maximum absolute atomic E-state index is 10.3. The molecule has 2 rings (SSSR count). The zero-order chi connectivity index (χ0) is 13.1. The van der Waals surface area contributed by atoms with Crippen LogP contribution in [0.5, 0.6) is 0 Å². The third-order valence-corrected chi connectivity index (χ3v) is 4.21. The van der Waals surface area contributed by atoms with Gasteiger partial charge in [-0.2, -0.15) is 0 Å². The van der Waals surface area contributed by atoms with E-state index in [4.69, 9.17) is 11.6 Å². The van der Waals surface area contributed by atoms with Gasteiger partial charge in [0.25, 0.3) is 0 Å². The van der Waals surface area contributed by atoms with E-state index in [1.165, 1.54) is 16.9 Å². The molecule has 0 saturated heterocycles. The third-order valence-electron chi connectivity index (χ3n) is 2.80. The molecule has 3 heteroatoms. The van der Waals surface area contributed by atoms with Gasteiger partial charge in [-0.3, -0.25) is 0 Å². The van der Waals surface area contributed by atoms with Crippen LogP contribution in [0.3, 0.4) is 0 Å². The molecule has 1 N–H and O–H groups in total. The minimum Gasteiger partial charge on any atom is -0.383 e. The molecule has 2 aromatic rings. The van der Waals surface area contributed by atoms with Crippen molar-refractivity contribution in [3.05, 3.63) is 56.7 Å². The van der Waals surface area contributed by atoms with E-state index < -0.39 is 6.10 Å². The van der Waals surface area contributed by atoms with Crippen molar-refractivity contribution in [1.82, 2.24) is 0 Å². The van der Waals surface area contributed by atoms with Crippen LogP contribution in [0.1, 0.15) is 36.0 Å². The van der Waals surface area contributed by atoms with Crippen molar-refractivity contribution in [3.63, 3.8) is 0 Å². The lowest BCUT2D eigenvalue weighted by Gasteiger charge is -2.12. The summed E-state index contributed by atoms with van der Waals surface area (Å²) in [5.74, 6) is 0.614. The fraction of sp³-hybridized carbons (Fsp3) is 0.333. The Morgan fingerprint density at radius 3 is 2.67 bits per heavy atom. The van der Waals surface area contributed by atoms with Crippen molar-refractivity contribution in [1.29, 1.82) is 0 Å². The Balaban J connectivity index is 2.25. The lowest BCUT2D eigenvalue weighted by atomic mass is 9.99. The first-order valence-electron chi connectivity index (χ1n) is 6.07. The Labute approximate surface area is 117 Å². The number of aliphatic hydroxyl groups excluding tert-OH is 1. The van der Waals surface area contributed by atoms with Crippen LogP contribution in [0.15, 0.2) is 35.7 Å². The summed E-state index contributed by atoms with van der Waals surface area (Å²) in [7, 11) is 0. The second kappa shape index (κ2) is 5.87. The predicted octanol–water partition coefficient (Wildman–Crippen LogP) is 4.68. The van der Waals surface area contributed by atoms with Gasteiger partial charge in [-0.05, 0) is 34.9 Å². The quantitative estimate of drug-likeness (QED) is 0.862. The zero-order valence-corrected chi connectivity index (χ0v) is 12.1. The van der Waals surface area contributed by atoms with Gasteiger partial charge in [-0.25, -0.2) is 0 Å². The summed E-state index contributed by atoms with van der Waals surface area (Å²) < 4.78 is 0. The van der Waals surface area contributed by atoms with Crippen molar-refractivity contribution >= 4 is 22.9 Å². The molecule has 1 unspecified atom stereocenters. The molecule has 0 spiro atoms. The van der Waals surface area contributed by atoms with Crippen LogP contribution < -0.4 is 0 Å². The first-order valence-corrected chi connectivity index (χ1v) is 7.33. The minimum absolute atomic E-state index is 0.614. The Bertz CT molecular complexity index is 519. The Morgan fingerprint density at radius 1 is 1.28 bits per heavy atom. The molecule has 1 aromatic heterocycles. The van der Waals surface area contributed by atoms with E-state index in [9.17, 15) is 5.11 Å². The summed E-state index contributed by atoms with van der Waals surface area (Å²) in [6, 6.07) is 9.94. The zero-order valence-electron chi connectivity index (χ0n) is 10.6. The summed E-state index contributed by atoms with van der Waals surface area (Å²) in [6.45, 7) is 4.39. The summed E-state index contributed by atoms with van der Waals surface area (Å²) in [4.78, 5) is 0.818. The maximum Gasteiger partial charge on any atom is 0.115 e. The SMILES string of the molecule is CC(C)Cc1cccc(C(O)c2sccc2Cl)c1. The average Bonchev–Trinajstić information content (AvgIpc) is 2.74. The van der Waals surface area contributed by atoms with Crippen molar-refractivity contribution in [2.24, 2.45) is 5.92 Å². The molecule has 18 heavy (non-hydrogen) atoms. The highest BCUT2D eigenvalue weighted by atomic mass is 35.5. The largest absolute Gasteiger partial charge is 0.383 e. The smallest absolute Gasteiger partial charge is 0.115 e. The van der Waals surface area contributed by atoms with E-state index in [0.717, 1.165) is 16.9 Å². The number of thiophene rings is 1. The van der Waals surface area contributed by atoms with Crippen molar-refractivity contribution in [3.8, 4) is 0 Å². The molecule has 1 aromatic carbocycles. The van der Waals surface area contributed by atoms with Gasteiger partial charge in [-0.1, -0.05) is 49.7 Å². The number of hydrogen-bond donors (Lipinski definition) is 1.